The number of anilines is 2. The number of aliphatic hydroxyl groups is 3. The number of phenolic OH excluding ortho intramolecular Hbond substituents is 1. The monoisotopic (exact) mass is 940 g/mol. The van der Waals surface area contributed by atoms with Gasteiger partial charge in [0.05, 0.1) is 35.2 Å². The predicted octanol–water partition coefficient (Wildman–Crippen LogP) is 5.34. The number of allylic oxidation sites excluding steroid dienone is 2. The van der Waals surface area contributed by atoms with Crippen molar-refractivity contribution in [1.82, 2.24) is 9.88 Å². The van der Waals surface area contributed by atoms with Crippen LogP contribution in [0, 0.1) is 36.5 Å². The lowest BCUT2D eigenvalue weighted by atomic mass is 9.78. The molecule has 1 amide bonds. The first-order chi connectivity index (χ1) is 32.1. The summed E-state index contributed by atoms with van der Waals surface area (Å²) >= 11 is 0. The Kier molecular flexibility index (Phi) is 14.3. The minimum Gasteiger partial charge on any atom is -0.507 e. The summed E-state index contributed by atoms with van der Waals surface area (Å²) in [5, 5.41) is 49.3. The van der Waals surface area contributed by atoms with Crippen LogP contribution in [-0.4, -0.2) is 112 Å². The molecule has 17 heteroatoms. The highest BCUT2D eigenvalue weighted by atomic mass is 16.7. The van der Waals surface area contributed by atoms with Gasteiger partial charge in [-0.2, -0.15) is 0 Å². The Morgan fingerprint density at radius 2 is 1.65 bits per heavy atom. The lowest BCUT2D eigenvalue weighted by Gasteiger charge is -2.38. The number of carbonyl (C=O) groups is 2. The maximum Gasteiger partial charge on any atom is 0.307 e. The third-order valence-electron chi connectivity index (χ3n) is 13.8. The number of nitrogens with zero attached hydrogens (tertiary/aromatic N) is 3. The van der Waals surface area contributed by atoms with Crippen molar-refractivity contribution < 1.29 is 53.4 Å². The molecular weight excluding hydrogens is 877 g/mol. The van der Waals surface area contributed by atoms with E-state index in [9.17, 15) is 39.6 Å². The van der Waals surface area contributed by atoms with Gasteiger partial charge in [-0.15, -0.1) is 0 Å². The molecule has 9 atom stereocenters. The quantitative estimate of drug-likeness (QED) is 0.0966. The zero-order valence-electron chi connectivity index (χ0n) is 40.6. The number of phenols is 1. The van der Waals surface area contributed by atoms with Gasteiger partial charge in [0.25, 0.3) is 5.91 Å². The lowest BCUT2D eigenvalue weighted by Crippen LogP contribution is -2.47. The van der Waals surface area contributed by atoms with Crippen LogP contribution >= 0.6 is 0 Å². The predicted molar refractivity (Wildman–Crippen MR) is 259 cm³/mol. The molecule has 3 aliphatic heterocycles. The number of piperazine rings is 1. The molecule has 2 unspecified atom stereocenters. The minimum absolute atomic E-state index is 0.0390. The van der Waals surface area contributed by atoms with Crippen molar-refractivity contribution in [3.63, 3.8) is 0 Å². The van der Waals surface area contributed by atoms with E-state index in [-0.39, 0.29) is 60.8 Å². The molecule has 4 aromatic rings. The van der Waals surface area contributed by atoms with Crippen LogP contribution in [-0.2, 0) is 23.8 Å². The Labute approximate surface area is 394 Å². The van der Waals surface area contributed by atoms with Gasteiger partial charge in [-0.25, -0.2) is 4.98 Å². The number of aromatic hydroxyl groups is 1. The molecule has 5 N–H and O–H groups in total. The molecule has 1 aromatic heterocycles. The van der Waals surface area contributed by atoms with E-state index in [1.807, 2.05) is 0 Å². The van der Waals surface area contributed by atoms with Gasteiger partial charge < -0.3 is 54.0 Å². The Morgan fingerprint density at radius 3 is 2.29 bits per heavy atom. The molecule has 0 spiro atoms. The van der Waals surface area contributed by atoms with Crippen molar-refractivity contribution in [2.45, 2.75) is 99.4 Å². The Hall–Kier alpha value is -6.01. The van der Waals surface area contributed by atoms with Crippen LogP contribution in [0.3, 0.4) is 0 Å². The summed E-state index contributed by atoms with van der Waals surface area (Å²) < 4.78 is 30.5. The zero-order valence-corrected chi connectivity index (χ0v) is 40.6. The maximum atomic E-state index is 14.9. The number of hydrogen-bond acceptors (Lipinski definition) is 16. The van der Waals surface area contributed by atoms with Crippen LogP contribution in [0.25, 0.3) is 38.7 Å². The van der Waals surface area contributed by atoms with Gasteiger partial charge in [-0.05, 0) is 25.8 Å². The van der Waals surface area contributed by atoms with Crippen LogP contribution in [0.1, 0.15) is 67.9 Å². The number of hydrogen-bond donors (Lipinski definition) is 5. The molecule has 3 aromatic carbocycles. The third-order valence-corrected chi connectivity index (χ3v) is 13.8. The molecule has 4 heterocycles. The van der Waals surface area contributed by atoms with Crippen LogP contribution < -0.4 is 31.0 Å². The van der Waals surface area contributed by atoms with E-state index in [2.05, 4.69) is 29.0 Å². The first-order valence-corrected chi connectivity index (χ1v) is 23.2. The molecule has 0 radical (unpaired) electrons. The number of methoxy groups -OCH3 is 1. The highest BCUT2D eigenvalue weighted by Gasteiger charge is 2.44. The first-order valence-electron chi connectivity index (χ1n) is 23.2. The van der Waals surface area contributed by atoms with Gasteiger partial charge in [0.1, 0.15) is 28.8 Å². The van der Waals surface area contributed by atoms with Gasteiger partial charge in [-0.1, -0.05) is 59.8 Å². The fourth-order valence-electron chi connectivity index (χ4n) is 9.76. The van der Waals surface area contributed by atoms with Crippen molar-refractivity contribution >= 4 is 62.0 Å². The summed E-state index contributed by atoms with van der Waals surface area (Å²) in [7, 11) is 1.45. The van der Waals surface area contributed by atoms with E-state index in [4.69, 9.17) is 28.3 Å². The molecular formula is C51H64N4O13. The number of benzene rings is 3. The standard InChI is InChI=1S/C51H64N4O13/c1-24(2)23-54-16-18-55(19-17-54)32-21-33(57)39-35(22-32)67-48-40(52-39)36-37-44(60)30(8)47-38(36)49(62)51(10,68-47)65-20-15-34(64-11)27(5)46(66-31(9)56)29(7)43(59)28(6)42(58)25(3)13-12-14-26(4)50(63)53-41(48)45(37)61/h12-15,20-22,24-25,27-29,34,42-43,46,58-60,62H,16-19,23H2,1-11H3,(H,53,63)/b13-12+,20-15+,26-14+/t25-,27-,28+,29?,34?,42-,43+,46+,51-/m0/s1. The topological polar surface area (TPSA) is 231 Å². The normalized spacial score (nSPS) is 29.5. The molecule has 68 heavy (non-hydrogen) atoms. The second-order valence-corrected chi connectivity index (χ2v) is 19.2. The average molecular weight is 941 g/mol. The fraction of sp³-hybridized carbons (Fsp3) is 0.510. The number of fused-ring (bicyclic) bond motifs is 2. The second-order valence-electron chi connectivity index (χ2n) is 19.2. The van der Waals surface area contributed by atoms with Crippen molar-refractivity contribution in [1.29, 1.82) is 0 Å². The number of amides is 1. The summed E-state index contributed by atoms with van der Waals surface area (Å²) in [5.41, 5.74) is -1.35. The molecule has 3 aliphatic rings. The second kappa shape index (κ2) is 19.5. The summed E-state index contributed by atoms with van der Waals surface area (Å²) in [6.45, 7) is 20.8. The van der Waals surface area contributed by atoms with E-state index < -0.39 is 88.1 Å². The first kappa shape index (κ1) is 49.9. The smallest absolute Gasteiger partial charge is 0.307 e. The van der Waals surface area contributed by atoms with E-state index in [1.165, 1.54) is 59.3 Å². The van der Waals surface area contributed by atoms with Gasteiger partial charge in [-0.3, -0.25) is 24.1 Å². The summed E-state index contributed by atoms with van der Waals surface area (Å²) in [4.78, 5) is 64.7. The van der Waals surface area contributed by atoms with Crippen molar-refractivity contribution in [2.75, 3.05) is 50.1 Å². The van der Waals surface area contributed by atoms with E-state index in [0.717, 1.165) is 19.6 Å². The van der Waals surface area contributed by atoms with Crippen LogP contribution in [0.15, 0.2) is 62.3 Å². The fourth-order valence-corrected chi connectivity index (χ4v) is 9.76. The molecule has 1 fully saturated rings. The third kappa shape index (κ3) is 9.28. The van der Waals surface area contributed by atoms with Crippen molar-refractivity contribution in [3.8, 4) is 11.5 Å². The SMILES string of the molecule is COC1/C=C/O[C@@]2(C)Oc3c(C)c(O)c4c(=O)c(c5oc6cc(N7CCN(CC(C)C)CC7)cc(=O)c6nc5c4c3=C2O)NC(=O)/C(C)=C/C=C/[C@H](C)[C@H](O)[C@@H](C)[C@@H](O)C(C)[C@H](OC(C)=O)[C@H]1C. The van der Waals surface area contributed by atoms with Crippen molar-refractivity contribution in [2.24, 2.45) is 29.6 Å². The molecule has 4 bridgehead atoms. The molecule has 1 saturated heterocycles. The Bertz CT molecular complexity index is 2900. The molecule has 366 valence electrons. The summed E-state index contributed by atoms with van der Waals surface area (Å²) in [5.74, 6) is -6.43. The van der Waals surface area contributed by atoms with Crippen molar-refractivity contribution in [3.05, 3.63) is 79.5 Å². The lowest BCUT2D eigenvalue weighted by molar-refractivity contribution is -0.160. The van der Waals surface area contributed by atoms with E-state index in [0.29, 0.717) is 24.7 Å². The minimum atomic E-state index is -1.98. The highest BCUT2D eigenvalue weighted by Crippen LogP contribution is 2.42. The molecule has 0 saturated carbocycles. The summed E-state index contributed by atoms with van der Waals surface area (Å²) in [6.07, 6.45) is 3.57. The average Bonchev–Trinajstić information content (AvgIpc) is 3.56. The van der Waals surface area contributed by atoms with E-state index >= 15 is 0 Å². The molecule has 17 nitrogen and oxygen atoms in total. The number of carbonyl (C=O) groups excluding carboxylic acids is 2. The number of ether oxygens (including phenoxy) is 4. The van der Waals surface area contributed by atoms with Crippen LogP contribution in [0.5, 0.6) is 11.5 Å². The van der Waals surface area contributed by atoms with Crippen LogP contribution in [0.2, 0.25) is 0 Å². The van der Waals surface area contributed by atoms with Gasteiger partial charge >= 0.3 is 11.8 Å². The summed E-state index contributed by atoms with van der Waals surface area (Å²) in [6, 6.07) is 3.16. The number of nitrogens with one attached hydrogen (secondary N) is 1. The Balaban J connectivity index is 1.46. The number of aliphatic hydroxyl groups excluding tert-OH is 3. The van der Waals surface area contributed by atoms with Crippen LogP contribution in [0.4, 0.5) is 11.4 Å². The number of aromatic nitrogens is 1. The Morgan fingerprint density at radius 1 is 0.956 bits per heavy atom. The van der Waals surface area contributed by atoms with Gasteiger partial charge in [0.15, 0.2) is 22.4 Å². The highest BCUT2D eigenvalue weighted by molar-refractivity contribution is 6.16. The number of esters is 1. The van der Waals surface area contributed by atoms with E-state index in [1.54, 1.807) is 45.9 Å². The van der Waals surface area contributed by atoms with Gasteiger partial charge in [0.2, 0.25) is 10.9 Å². The number of rotatable bonds is 5. The maximum absolute atomic E-state index is 14.9. The largest absolute Gasteiger partial charge is 0.507 e. The molecule has 7 rings (SSSR count). The van der Waals surface area contributed by atoms with Gasteiger partial charge in [0, 0.05) is 112 Å². The molecule has 0 aliphatic carbocycles. The zero-order chi connectivity index (χ0) is 49.7.